The Hall–Kier alpha value is -2.44. The molecule has 0 aliphatic rings. The summed E-state index contributed by atoms with van der Waals surface area (Å²) in [7, 11) is 1.91. The fraction of sp³-hybridized carbons (Fsp3) is 0.273. The third-order valence-corrected chi connectivity index (χ3v) is 2.58. The van der Waals surface area contributed by atoms with Crippen LogP contribution in [0.15, 0.2) is 30.9 Å². The van der Waals surface area contributed by atoms with E-state index < -0.39 is 4.92 Å². The highest BCUT2D eigenvalue weighted by Crippen LogP contribution is 2.21. The Morgan fingerprint density at radius 2 is 2.33 bits per heavy atom. The van der Waals surface area contributed by atoms with Crippen LogP contribution in [-0.4, -0.2) is 26.0 Å². The number of nitro groups is 1. The standard InChI is InChI=1S/C11H13N5O2/c1-15-7-6-14-11(15)3-5-13-9-2-4-12-8-10(9)16(17)18/h2,4,6-8H,3,5H2,1H3,(H,12,13). The molecule has 0 aliphatic carbocycles. The van der Waals surface area contributed by atoms with E-state index in [1.54, 1.807) is 12.3 Å². The predicted octanol–water partition coefficient (Wildman–Crippen LogP) is 1.38. The van der Waals surface area contributed by atoms with Crippen molar-refractivity contribution in [2.75, 3.05) is 11.9 Å². The molecule has 7 nitrogen and oxygen atoms in total. The maximum atomic E-state index is 10.8. The molecule has 0 spiro atoms. The highest BCUT2D eigenvalue weighted by atomic mass is 16.6. The van der Waals surface area contributed by atoms with Crippen molar-refractivity contribution in [3.63, 3.8) is 0 Å². The molecule has 0 amide bonds. The molecule has 0 unspecified atom stereocenters. The second-order valence-electron chi connectivity index (χ2n) is 3.78. The number of nitrogens with zero attached hydrogens (tertiary/aromatic N) is 4. The normalized spacial score (nSPS) is 10.3. The predicted molar refractivity (Wildman–Crippen MR) is 66.3 cm³/mol. The molecule has 7 heteroatoms. The molecular formula is C11H13N5O2. The van der Waals surface area contributed by atoms with Crippen LogP contribution in [0.5, 0.6) is 0 Å². The molecule has 2 heterocycles. The van der Waals surface area contributed by atoms with E-state index in [2.05, 4.69) is 15.3 Å². The van der Waals surface area contributed by atoms with Crippen molar-refractivity contribution < 1.29 is 4.92 Å². The van der Waals surface area contributed by atoms with Crippen LogP contribution >= 0.6 is 0 Å². The number of hydrogen-bond acceptors (Lipinski definition) is 5. The zero-order valence-corrected chi connectivity index (χ0v) is 9.91. The Morgan fingerprint density at radius 1 is 1.50 bits per heavy atom. The van der Waals surface area contributed by atoms with Crippen molar-refractivity contribution >= 4 is 11.4 Å². The Balaban J connectivity index is 1.99. The van der Waals surface area contributed by atoms with Gasteiger partial charge in [-0.05, 0) is 6.07 Å². The summed E-state index contributed by atoms with van der Waals surface area (Å²) in [6.07, 6.45) is 7.05. The third kappa shape index (κ3) is 2.62. The Morgan fingerprint density at radius 3 is 3.00 bits per heavy atom. The van der Waals surface area contributed by atoms with Gasteiger partial charge in [0.2, 0.25) is 0 Å². The van der Waals surface area contributed by atoms with E-state index in [4.69, 9.17) is 0 Å². The van der Waals surface area contributed by atoms with Crippen LogP contribution in [-0.2, 0) is 13.5 Å². The van der Waals surface area contributed by atoms with Crippen LogP contribution < -0.4 is 5.32 Å². The lowest BCUT2D eigenvalue weighted by atomic mass is 10.3. The largest absolute Gasteiger partial charge is 0.379 e. The second-order valence-corrected chi connectivity index (χ2v) is 3.78. The zero-order chi connectivity index (χ0) is 13.0. The molecule has 0 atom stereocenters. The van der Waals surface area contributed by atoms with Crippen LogP contribution in [0.2, 0.25) is 0 Å². The smallest absolute Gasteiger partial charge is 0.310 e. The van der Waals surface area contributed by atoms with Crippen LogP contribution in [0.3, 0.4) is 0 Å². The molecule has 2 rings (SSSR count). The monoisotopic (exact) mass is 247 g/mol. The van der Waals surface area contributed by atoms with Gasteiger partial charge >= 0.3 is 5.69 Å². The Kier molecular flexibility index (Phi) is 3.52. The van der Waals surface area contributed by atoms with Gasteiger partial charge in [-0.1, -0.05) is 0 Å². The van der Waals surface area contributed by atoms with E-state index in [9.17, 15) is 10.1 Å². The van der Waals surface area contributed by atoms with Gasteiger partial charge < -0.3 is 9.88 Å². The molecule has 0 bridgehead atoms. The van der Waals surface area contributed by atoms with Gasteiger partial charge in [0.05, 0.1) is 4.92 Å². The summed E-state index contributed by atoms with van der Waals surface area (Å²) in [4.78, 5) is 18.3. The van der Waals surface area contributed by atoms with Gasteiger partial charge in [-0.2, -0.15) is 0 Å². The number of pyridine rings is 1. The number of rotatable bonds is 5. The van der Waals surface area contributed by atoms with Gasteiger partial charge in [0, 0.05) is 38.6 Å². The molecule has 1 N–H and O–H groups in total. The third-order valence-electron chi connectivity index (χ3n) is 2.58. The molecule has 0 saturated carbocycles. The van der Waals surface area contributed by atoms with Crippen molar-refractivity contribution in [1.29, 1.82) is 0 Å². The van der Waals surface area contributed by atoms with Crippen LogP contribution in [0.4, 0.5) is 11.4 Å². The molecule has 2 aromatic heterocycles. The highest BCUT2D eigenvalue weighted by Gasteiger charge is 2.12. The average molecular weight is 247 g/mol. The SMILES string of the molecule is Cn1ccnc1CCNc1ccncc1[N+](=O)[O-]. The highest BCUT2D eigenvalue weighted by molar-refractivity contribution is 5.59. The van der Waals surface area contributed by atoms with Gasteiger partial charge in [-0.3, -0.25) is 15.1 Å². The number of nitrogens with one attached hydrogen (secondary N) is 1. The Bertz CT molecular complexity index is 552. The minimum Gasteiger partial charge on any atom is -0.379 e. The fourth-order valence-electron chi connectivity index (χ4n) is 1.63. The second kappa shape index (κ2) is 5.26. The maximum absolute atomic E-state index is 10.8. The van der Waals surface area contributed by atoms with Crippen molar-refractivity contribution in [2.24, 2.45) is 7.05 Å². The summed E-state index contributed by atoms with van der Waals surface area (Å²) in [6.45, 7) is 0.579. The van der Waals surface area contributed by atoms with Gasteiger partial charge in [-0.25, -0.2) is 4.98 Å². The van der Waals surface area contributed by atoms with E-state index in [0.29, 0.717) is 18.7 Å². The van der Waals surface area contributed by atoms with Crippen molar-refractivity contribution in [3.8, 4) is 0 Å². The number of anilines is 1. The number of aromatic nitrogens is 3. The lowest BCUT2D eigenvalue weighted by Gasteiger charge is -2.06. The molecule has 0 fully saturated rings. The number of hydrogen-bond donors (Lipinski definition) is 1. The average Bonchev–Trinajstić information content (AvgIpc) is 2.76. The zero-order valence-electron chi connectivity index (χ0n) is 9.91. The minimum absolute atomic E-state index is 0.0164. The fourth-order valence-corrected chi connectivity index (χ4v) is 1.63. The van der Waals surface area contributed by atoms with Gasteiger partial charge in [0.15, 0.2) is 0 Å². The maximum Gasteiger partial charge on any atom is 0.310 e. The quantitative estimate of drug-likeness (QED) is 0.637. The first kappa shape index (κ1) is 12.0. The molecule has 0 saturated heterocycles. The summed E-state index contributed by atoms with van der Waals surface area (Å²) in [5, 5.41) is 13.8. The Labute approximate surface area is 104 Å². The lowest BCUT2D eigenvalue weighted by Crippen LogP contribution is -2.09. The molecule has 0 radical (unpaired) electrons. The van der Waals surface area contributed by atoms with Crippen molar-refractivity contribution in [2.45, 2.75) is 6.42 Å². The van der Waals surface area contributed by atoms with Crippen LogP contribution in [0.25, 0.3) is 0 Å². The topological polar surface area (TPSA) is 85.9 Å². The van der Waals surface area contributed by atoms with Crippen LogP contribution in [0.1, 0.15) is 5.82 Å². The van der Waals surface area contributed by atoms with E-state index in [1.165, 1.54) is 12.4 Å². The minimum atomic E-state index is -0.448. The first-order valence-electron chi connectivity index (χ1n) is 5.47. The number of imidazole rings is 1. The summed E-state index contributed by atoms with van der Waals surface area (Å²) in [5.74, 6) is 0.930. The van der Waals surface area contributed by atoms with Crippen molar-refractivity contribution in [1.82, 2.24) is 14.5 Å². The van der Waals surface area contributed by atoms with Gasteiger partial charge in [0.1, 0.15) is 17.7 Å². The van der Waals surface area contributed by atoms with Gasteiger partial charge in [-0.15, -0.1) is 0 Å². The molecule has 2 aromatic rings. The van der Waals surface area contributed by atoms with E-state index in [0.717, 1.165) is 5.82 Å². The molecule has 0 aromatic carbocycles. The molecule has 0 aliphatic heterocycles. The summed E-state index contributed by atoms with van der Waals surface area (Å²) < 4.78 is 1.92. The first-order valence-corrected chi connectivity index (χ1v) is 5.47. The van der Waals surface area contributed by atoms with Crippen LogP contribution in [0, 0.1) is 10.1 Å². The summed E-state index contributed by atoms with van der Waals surface area (Å²) in [6, 6.07) is 1.59. The summed E-state index contributed by atoms with van der Waals surface area (Å²) in [5.41, 5.74) is 0.460. The lowest BCUT2D eigenvalue weighted by molar-refractivity contribution is -0.384. The van der Waals surface area contributed by atoms with Gasteiger partial charge in [0.25, 0.3) is 0 Å². The van der Waals surface area contributed by atoms with E-state index >= 15 is 0 Å². The first-order chi connectivity index (χ1) is 8.68. The molecular weight excluding hydrogens is 234 g/mol. The molecule has 18 heavy (non-hydrogen) atoms. The van der Waals surface area contributed by atoms with E-state index in [1.807, 2.05) is 17.8 Å². The van der Waals surface area contributed by atoms with E-state index in [-0.39, 0.29) is 5.69 Å². The molecule has 94 valence electrons. The van der Waals surface area contributed by atoms with Crippen molar-refractivity contribution in [3.05, 3.63) is 46.8 Å². The number of aryl methyl sites for hydroxylation is 1. The summed E-state index contributed by atoms with van der Waals surface area (Å²) >= 11 is 0.